The Morgan fingerprint density at radius 2 is 1.86 bits per heavy atom. The number of benzene rings is 2. The van der Waals surface area contributed by atoms with Gasteiger partial charge in [-0.05, 0) is 44.2 Å². The van der Waals surface area contributed by atoms with Gasteiger partial charge in [-0.2, -0.15) is 0 Å². The molecule has 0 fully saturated rings. The molecule has 0 spiro atoms. The van der Waals surface area contributed by atoms with Crippen LogP contribution in [-0.4, -0.2) is 12.0 Å². The predicted molar refractivity (Wildman–Crippen MR) is 86.6 cm³/mol. The van der Waals surface area contributed by atoms with Gasteiger partial charge < -0.3 is 10.1 Å². The normalized spacial score (nSPS) is 10.5. The zero-order chi connectivity index (χ0) is 15.4. The van der Waals surface area contributed by atoms with Gasteiger partial charge in [-0.3, -0.25) is 4.79 Å². The fourth-order valence-electron chi connectivity index (χ4n) is 1.79. The Hall–Kier alpha value is -1.71. The van der Waals surface area contributed by atoms with Crippen molar-refractivity contribution in [2.75, 3.05) is 5.32 Å². The predicted octanol–water partition coefficient (Wildman–Crippen LogP) is 5.03. The number of carbonyl (C=O) groups excluding carboxylic acids is 1. The standard InChI is InChI=1S/C16H15Cl2NO2/c1-10(2)21-15-6-4-3-5-12(15)16(20)19-14-8-7-11(17)9-13(14)18/h3-10H,1-2H3,(H,19,20). The highest BCUT2D eigenvalue weighted by Gasteiger charge is 2.14. The lowest BCUT2D eigenvalue weighted by Gasteiger charge is -2.14. The Bertz CT molecular complexity index is 656. The molecule has 0 radical (unpaired) electrons. The van der Waals surface area contributed by atoms with Gasteiger partial charge >= 0.3 is 0 Å². The number of para-hydroxylation sites is 1. The first kappa shape index (κ1) is 15.7. The van der Waals surface area contributed by atoms with E-state index in [2.05, 4.69) is 5.32 Å². The summed E-state index contributed by atoms with van der Waals surface area (Å²) in [6, 6.07) is 12.0. The maximum Gasteiger partial charge on any atom is 0.259 e. The van der Waals surface area contributed by atoms with Crippen LogP contribution in [0.2, 0.25) is 10.0 Å². The summed E-state index contributed by atoms with van der Waals surface area (Å²) < 4.78 is 5.64. The van der Waals surface area contributed by atoms with Crippen molar-refractivity contribution in [1.29, 1.82) is 0 Å². The number of rotatable bonds is 4. The average Bonchev–Trinajstić information content (AvgIpc) is 2.42. The van der Waals surface area contributed by atoms with Gasteiger partial charge in [-0.25, -0.2) is 0 Å². The van der Waals surface area contributed by atoms with E-state index in [9.17, 15) is 4.79 Å². The number of carbonyl (C=O) groups is 1. The van der Waals surface area contributed by atoms with Crippen LogP contribution in [0.5, 0.6) is 5.75 Å². The lowest BCUT2D eigenvalue weighted by atomic mass is 10.1. The molecule has 2 rings (SSSR count). The third kappa shape index (κ3) is 4.13. The number of amides is 1. The molecule has 2 aromatic rings. The quantitative estimate of drug-likeness (QED) is 0.856. The maximum atomic E-state index is 12.4. The van der Waals surface area contributed by atoms with Crippen LogP contribution in [0, 0.1) is 0 Å². The summed E-state index contributed by atoms with van der Waals surface area (Å²) in [5.41, 5.74) is 0.961. The molecule has 21 heavy (non-hydrogen) atoms. The topological polar surface area (TPSA) is 38.3 Å². The van der Waals surface area contributed by atoms with Gasteiger partial charge in [0.05, 0.1) is 22.4 Å². The van der Waals surface area contributed by atoms with Crippen LogP contribution in [0.1, 0.15) is 24.2 Å². The van der Waals surface area contributed by atoms with E-state index in [0.717, 1.165) is 0 Å². The van der Waals surface area contributed by atoms with E-state index in [1.807, 2.05) is 19.9 Å². The number of anilines is 1. The third-order valence-electron chi connectivity index (χ3n) is 2.67. The van der Waals surface area contributed by atoms with Crippen molar-refractivity contribution >= 4 is 34.8 Å². The Morgan fingerprint density at radius 1 is 1.14 bits per heavy atom. The molecule has 0 saturated heterocycles. The van der Waals surface area contributed by atoms with Crippen molar-refractivity contribution in [1.82, 2.24) is 0 Å². The van der Waals surface area contributed by atoms with Gasteiger partial charge in [-0.1, -0.05) is 35.3 Å². The van der Waals surface area contributed by atoms with E-state index in [4.69, 9.17) is 27.9 Å². The van der Waals surface area contributed by atoms with Crippen molar-refractivity contribution in [3.05, 3.63) is 58.1 Å². The Kier molecular flexibility index (Phi) is 5.10. The van der Waals surface area contributed by atoms with Crippen LogP contribution in [0.4, 0.5) is 5.69 Å². The van der Waals surface area contributed by atoms with Crippen molar-refractivity contribution < 1.29 is 9.53 Å². The fraction of sp³-hybridized carbons (Fsp3) is 0.188. The summed E-state index contributed by atoms with van der Waals surface area (Å²) in [6.07, 6.45) is -0.0157. The highest BCUT2D eigenvalue weighted by molar-refractivity contribution is 6.36. The average molecular weight is 324 g/mol. The van der Waals surface area contributed by atoms with Crippen molar-refractivity contribution in [3.63, 3.8) is 0 Å². The Labute approximate surface area is 133 Å². The number of ether oxygens (including phenoxy) is 1. The van der Waals surface area contributed by atoms with Crippen LogP contribution < -0.4 is 10.1 Å². The Morgan fingerprint density at radius 3 is 2.52 bits per heavy atom. The zero-order valence-electron chi connectivity index (χ0n) is 11.7. The monoisotopic (exact) mass is 323 g/mol. The van der Waals surface area contributed by atoms with Crippen LogP contribution in [0.15, 0.2) is 42.5 Å². The highest BCUT2D eigenvalue weighted by Crippen LogP contribution is 2.27. The second kappa shape index (κ2) is 6.83. The van der Waals surface area contributed by atoms with Gasteiger partial charge in [0.25, 0.3) is 5.91 Å². The summed E-state index contributed by atoms with van der Waals surface area (Å²) >= 11 is 11.9. The second-order valence-corrected chi connectivity index (χ2v) is 5.58. The molecule has 2 aromatic carbocycles. The molecule has 0 aliphatic rings. The molecule has 1 N–H and O–H groups in total. The molecule has 0 heterocycles. The van der Waals surface area contributed by atoms with E-state index < -0.39 is 0 Å². The SMILES string of the molecule is CC(C)Oc1ccccc1C(=O)Nc1ccc(Cl)cc1Cl. The van der Waals surface area contributed by atoms with Gasteiger partial charge in [-0.15, -0.1) is 0 Å². The number of hydrogen-bond donors (Lipinski definition) is 1. The number of nitrogens with one attached hydrogen (secondary N) is 1. The summed E-state index contributed by atoms with van der Waals surface area (Å²) in [5, 5.41) is 3.66. The summed E-state index contributed by atoms with van der Waals surface area (Å²) in [7, 11) is 0. The molecule has 0 aliphatic heterocycles. The molecule has 0 aromatic heterocycles. The van der Waals surface area contributed by atoms with Gasteiger partial charge in [0.1, 0.15) is 5.75 Å². The summed E-state index contributed by atoms with van der Waals surface area (Å²) in [6.45, 7) is 3.81. The van der Waals surface area contributed by atoms with E-state index in [1.165, 1.54) is 0 Å². The first-order valence-electron chi connectivity index (χ1n) is 6.49. The van der Waals surface area contributed by atoms with Crippen LogP contribution in [0.25, 0.3) is 0 Å². The molecule has 0 saturated carbocycles. The summed E-state index contributed by atoms with van der Waals surface area (Å²) in [5.74, 6) is 0.255. The largest absolute Gasteiger partial charge is 0.490 e. The van der Waals surface area contributed by atoms with Crippen molar-refractivity contribution in [3.8, 4) is 5.75 Å². The molecular formula is C16H15Cl2NO2. The molecule has 3 nitrogen and oxygen atoms in total. The van der Waals surface area contributed by atoms with Crippen LogP contribution >= 0.6 is 23.2 Å². The number of hydrogen-bond acceptors (Lipinski definition) is 2. The zero-order valence-corrected chi connectivity index (χ0v) is 13.2. The summed E-state index contributed by atoms with van der Waals surface area (Å²) in [4.78, 5) is 12.4. The molecule has 0 aliphatic carbocycles. The van der Waals surface area contributed by atoms with Crippen LogP contribution in [-0.2, 0) is 0 Å². The highest BCUT2D eigenvalue weighted by atomic mass is 35.5. The molecular weight excluding hydrogens is 309 g/mol. The van der Waals surface area contributed by atoms with E-state index in [-0.39, 0.29) is 12.0 Å². The minimum Gasteiger partial charge on any atom is -0.490 e. The first-order chi connectivity index (χ1) is 9.97. The molecule has 0 unspecified atom stereocenters. The van der Waals surface area contributed by atoms with Gasteiger partial charge in [0, 0.05) is 5.02 Å². The lowest BCUT2D eigenvalue weighted by molar-refractivity contribution is 0.102. The van der Waals surface area contributed by atoms with E-state index >= 15 is 0 Å². The van der Waals surface area contributed by atoms with E-state index in [0.29, 0.717) is 27.0 Å². The third-order valence-corrected chi connectivity index (χ3v) is 3.22. The maximum absolute atomic E-state index is 12.4. The second-order valence-electron chi connectivity index (χ2n) is 4.74. The Balaban J connectivity index is 2.24. The van der Waals surface area contributed by atoms with Gasteiger partial charge in [0.2, 0.25) is 0 Å². The smallest absolute Gasteiger partial charge is 0.259 e. The van der Waals surface area contributed by atoms with Crippen molar-refractivity contribution in [2.45, 2.75) is 20.0 Å². The van der Waals surface area contributed by atoms with E-state index in [1.54, 1.807) is 36.4 Å². The van der Waals surface area contributed by atoms with Gasteiger partial charge in [0.15, 0.2) is 0 Å². The first-order valence-corrected chi connectivity index (χ1v) is 7.25. The molecule has 0 atom stereocenters. The molecule has 0 bridgehead atoms. The minimum absolute atomic E-state index is 0.0157. The minimum atomic E-state index is -0.282. The molecule has 110 valence electrons. The van der Waals surface area contributed by atoms with Crippen LogP contribution in [0.3, 0.4) is 0 Å². The van der Waals surface area contributed by atoms with Crippen molar-refractivity contribution in [2.24, 2.45) is 0 Å². The fourth-order valence-corrected chi connectivity index (χ4v) is 2.25. The lowest BCUT2D eigenvalue weighted by Crippen LogP contribution is -2.15. The molecule has 1 amide bonds. The number of halogens is 2. The molecule has 5 heteroatoms.